The van der Waals surface area contributed by atoms with Crippen LogP contribution in [0.25, 0.3) is 0 Å². The molecule has 4 aliphatic carbocycles. The van der Waals surface area contributed by atoms with E-state index in [9.17, 15) is 51.1 Å². The summed E-state index contributed by atoms with van der Waals surface area (Å²) in [6.45, 7) is 15.5. The molecule has 2 saturated heterocycles. The van der Waals surface area contributed by atoms with Crippen LogP contribution in [-0.4, -0.2) is 150 Å². The van der Waals surface area contributed by atoms with Gasteiger partial charge in [-0.2, -0.15) is 0 Å². The van der Waals surface area contributed by atoms with Crippen LogP contribution < -0.4 is 0 Å². The van der Waals surface area contributed by atoms with E-state index < -0.39 is 120 Å². The van der Waals surface area contributed by atoms with Gasteiger partial charge in [0.25, 0.3) is 0 Å². The second kappa shape index (κ2) is 15.9. The highest BCUT2D eigenvalue weighted by molar-refractivity contribution is 5.22. The first-order chi connectivity index (χ1) is 26.0. The maximum atomic E-state index is 12.3. The van der Waals surface area contributed by atoms with Crippen LogP contribution in [0.1, 0.15) is 107 Å². The smallest absolute Gasteiger partial charge is 0.187 e. The zero-order valence-electron chi connectivity index (χ0n) is 34.6. The van der Waals surface area contributed by atoms with Crippen LogP contribution in [0, 0.1) is 45.3 Å². The molecule has 0 unspecified atom stereocenters. The monoisotopic (exact) mass is 800 g/mol. The molecule has 6 aliphatic rings. The number of fused-ring (bicyclic) bond motifs is 5. The summed E-state index contributed by atoms with van der Waals surface area (Å²) < 4.78 is 24.9. The van der Waals surface area contributed by atoms with Crippen molar-refractivity contribution in [1.29, 1.82) is 0 Å². The molecule has 0 bridgehead atoms. The molecule has 0 aromatic rings. The lowest BCUT2D eigenvalue weighted by Gasteiger charge is -2.72. The van der Waals surface area contributed by atoms with Gasteiger partial charge >= 0.3 is 0 Å². The van der Waals surface area contributed by atoms with E-state index in [1.54, 1.807) is 0 Å². The van der Waals surface area contributed by atoms with Gasteiger partial charge in [-0.05, 0) is 117 Å². The second-order valence-corrected chi connectivity index (χ2v) is 20.3. The molecule has 56 heavy (non-hydrogen) atoms. The molecule has 4 saturated carbocycles. The topological polar surface area (TPSA) is 239 Å². The average molecular weight is 801 g/mol. The van der Waals surface area contributed by atoms with Crippen LogP contribution >= 0.6 is 0 Å². The van der Waals surface area contributed by atoms with Crippen molar-refractivity contribution in [2.75, 3.05) is 13.2 Å². The van der Waals surface area contributed by atoms with Crippen molar-refractivity contribution >= 4 is 0 Å². The van der Waals surface area contributed by atoms with Gasteiger partial charge in [-0.1, -0.05) is 46.3 Å². The molecule has 14 nitrogen and oxygen atoms in total. The Morgan fingerprint density at radius 3 is 1.98 bits per heavy atom. The number of aliphatic hydroxyl groups excluding tert-OH is 9. The van der Waals surface area contributed by atoms with E-state index in [0.717, 1.165) is 19.3 Å². The molecule has 0 spiro atoms. The lowest BCUT2D eigenvalue weighted by molar-refractivity contribution is -0.383. The van der Waals surface area contributed by atoms with Crippen molar-refractivity contribution in [3.63, 3.8) is 0 Å². The van der Waals surface area contributed by atoms with Crippen molar-refractivity contribution in [1.82, 2.24) is 0 Å². The third-order valence-corrected chi connectivity index (χ3v) is 16.5. The Balaban J connectivity index is 1.38. The summed E-state index contributed by atoms with van der Waals surface area (Å²) >= 11 is 0. The number of hydrogen-bond donors (Lipinski definition) is 10. The zero-order chi connectivity index (χ0) is 41.5. The van der Waals surface area contributed by atoms with Gasteiger partial charge in [-0.3, -0.25) is 0 Å². The van der Waals surface area contributed by atoms with Gasteiger partial charge in [-0.15, -0.1) is 0 Å². The molecule has 10 N–H and O–H groups in total. The second-order valence-electron chi connectivity index (χ2n) is 20.3. The largest absolute Gasteiger partial charge is 0.394 e. The fourth-order valence-corrected chi connectivity index (χ4v) is 13.4. The average Bonchev–Trinajstić information content (AvgIpc) is 3.51. The maximum absolute atomic E-state index is 12.3. The summed E-state index contributed by atoms with van der Waals surface area (Å²) in [5.74, 6) is -0.623. The summed E-state index contributed by atoms with van der Waals surface area (Å²) in [5.41, 5.74) is -1.85. The molecular weight excluding hydrogens is 728 g/mol. The van der Waals surface area contributed by atoms with Crippen LogP contribution in [0.15, 0.2) is 11.6 Å². The third-order valence-electron chi connectivity index (χ3n) is 16.5. The Bertz CT molecular complexity index is 1400. The Hall–Kier alpha value is -0.820. The molecule has 6 fully saturated rings. The number of ether oxygens (including phenoxy) is 4. The minimum atomic E-state index is -1.81. The lowest BCUT2D eigenvalue weighted by atomic mass is 9.34. The molecule has 0 aromatic carbocycles. The third kappa shape index (κ3) is 7.16. The Kier molecular flexibility index (Phi) is 12.7. The van der Waals surface area contributed by atoms with E-state index in [1.807, 2.05) is 34.6 Å². The quantitative estimate of drug-likeness (QED) is 0.110. The van der Waals surface area contributed by atoms with E-state index in [0.29, 0.717) is 32.1 Å². The van der Waals surface area contributed by atoms with Crippen LogP contribution in [0.5, 0.6) is 0 Å². The highest BCUT2D eigenvalue weighted by Gasteiger charge is 2.73. The molecule has 6 rings (SSSR count). The fourth-order valence-electron chi connectivity index (χ4n) is 13.4. The fraction of sp³-hybridized carbons (Fsp3) is 0.952. The molecule has 2 heterocycles. The molecule has 14 heteroatoms. The normalized spacial score (nSPS) is 52.6. The zero-order valence-corrected chi connectivity index (χ0v) is 34.6. The van der Waals surface area contributed by atoms with Crippen molar-refractivity contribution in [2.24, 2.45) is 45.3 Å². The molecule has 0 amide bonds. The van der Waals surface area contributed by atoms with Gasteiger partial charge in [0.2, 0.25) is 0 Å². The lowest BCUT2D eigenvalue weighted by Crippen LogP contribution is -2.71. The first-order valence-corrected chi connectivity index (χ1v) is 21.0. The van der Waals surface area contributed by atoms with Crippen molar-refractivity contribution < 1.29 is 70.0 Å². The van der Waals surface area contributed by atoms with Crippen molar-refractivity contribution in [3.8, 4) is 0 Å². The summed E-state index contributed by atoms with van der Waals surface area (Å²) in [6.07, 6.45) is -10.6. The predicted molar refractivity (Wildman–Crippen MR) is 202 cm³/mol. The first kappa shape index (κ1) is 44.7. The summed E-state index contributed by atoms with van der Waals surface area (Å²) in [5, 5.41) is 110. The van der Waals surface area contributed by atoms with Crippen LogP contribution in [0.2, 0.25) is 0 Å². The summed E-state index contributed by atoms with van der Waals surface area (Å²) in [6, 6.07) is 0. The Morgan fingerprint density at radius 1 is 0.768 bits per heavy atom. The van der Waals surface area contributed by atoms with Crippen molar-refractivity contribution in [3.05, 3.63) is 11.6 Å². The minimum Gasteiger partial charge on any atom is -0.394 e. The van der Waals surface area contributed by atoms with Gasteiger partial charge in [0.05, 0.1) is 37.1 Å². The van der Waals surface area contributed by atoms with Gasteiger partial charge in [0.15, 0.2) is 12.6 Å². The van der Waals surface area contributed by atoms with Gasteiger partial charge in [-0.25, -0.2) is 0 Å². The number of rotatable bonds is 10. The van der Waals surface area contributed by atoms with Crippen LogP contribution in [0.4, 0.5) is 0 Å². The number of hydrogen-bond acceptors (Lipinski definition) is 14. The molecular formula is C42H72O14. The molecule has 0 aromatic heterocycles. The molecule has 324 valence electrons. The van der Waals surface area contributed by atoms with Gasteiger partial charge in [0.1, 0.15) is 48.8 Å². The SMILES string of the molecule is CC(C)=CCC[C@@](C)(O)[C@@H]1CC[C@@]2(C)[C@H]1[C@@H](O)C[C@H]1[C@]3(C)CC[C@@H](O)C(C)(C)[C@H]3[C@H](O[C@H]3O[C@@H](CO)[C@H](O)[C@@H](O)[C@H]3O[C@@H]3O[C@@H](CO)[C@H](O)[C@@H](O)[C@@H]3O)C[C@@]12C. The van der Waals surface area contributed by atoms with E-state index in [1.165, 1.54) is 5.57 Å². The summed E-state index contributed by atoms with van der Waals surface area (Å²) in [7, 11) is 0. The summed E-state index contributed by atoms with van der Waals surface area (Å²) in [4.78, 5) is 0. The highest BCUT2D eigenvalue weighted by Crippen LogP contribution is 2.76. The first-order valence-electron chi connectivity index (χ1n) is 21.0. The van der Waals surface area contributed by atoms with E-state index in [4.69, 9.17) is 18.9 Å². The highest BCUT2D eigenvalue weighted by atomic mass is 16.8. The maximum Gasteiger partial charge on any atom is 0.187 e. The molecule has 21 atom stereocenters. The Labute approximate surface area is 331 Å². The van der Waals surface area contributed by atoms with Gasteiger partial charge in [0, 0.05) is 0 Å². The number of aliphatic hydroxyl groups is 10. The van der Waals surface area contributed by atoms with Crippen molar-refractivity contribution in [2.45, 2.75) is 192 Å². The van der Waals surface area contributed by atoms with Crippen LogP contribution in [-0.2, 0) is 18.9 Å². The molecule has 2 aliphatic heterocycles. The van der Waals surface area contributed by atoms with E-state index >= 15 is 0 Å². The minimum absolute atomic E-state index is 0.0169. The standard InChI is InChI=1S/C42H72O14/c1-20(2)10-9-13-42(8,52)21-11-15-40(6)28(21)22(45)16-26-39(5)14-12-27(46)38(3,4)35(39)23(17-41(26,40)7)53-37-34(32(50)30(48)25(19-44)55-37)56-36-33(51)31(49)29(47)24(18-43)54-36/h10,21-37,43-52H,9,11-19H2,1-8H3/t21-,22+,23-,24+,25+,26+,27-,28-,29+,30+,31-,32-,33+,34-,35-,36+,37+,39+,40+,41+,42-/m1/s1. The van der Waals surface area contributed by atoms with E-state index in [-0.39, 0.29) is 23.7 Å². The van der Waals surface area contributed by atoms with Crippen LogP contribution in [0.3, 0.4) is 0 Å². The number of allylic oxidation sites excluding steroid dienone is 2. The Morgan fingerprint density at radius 2 is 1.38 bits per heavy atom. The predicted octanol–water partition coefficient (Wildman–Crippen LogP) is 1.12. The molecule has 0 radical (unpaired) electrons. The van der Waals surface area contributed by atoms with E-state index in [2.05, 4.69) is 26.8 Å². The van der Waals surface area contributed by atoms with Gasteiger partial charge < -0.3 is 70.0 Å².